The van der Waals surface area contributed by atoms with E-state index in [9.17, 15) is 5.11 Å². The van der Waals surface area contributed by atoms with Crippen molar-refractivity contribution in [2.75, 3.05) is 0 Å². The lowest BCUT2D eigenvalue weighted by Gasteiger charge is -2.25. The topological polar surface area (TPSA) is 50.9 Å². The van der Waals surface area contributed by atoms with Crippen LogP contribution in [0.5, 0.6) is 0 Å². The molecule has 3 rings (SSSR count). The molecule has 0 saturated heterocycles. The van der Waals surface area contributed by atoms with E-state index in [1.165, 1.54) is 11.1 Å². The number of nitrogens with zero attached hydrogens (tertiary/aromatic N) is 3. The van der Waals surface area contributed by atoms with Crippen LogP contribution in [0, 0.1) is 0 Å². The zero-order valence-electron chi connectivity index (χ0n) is 12.1. The van der Waals surface area contributed by atoms with Gasteiger partial charge in [0.15, 0.2) is 5.82 Å². The van der Waals surface area contributed by atoms with E-state index in [-0.39, 0.29) is 12.6 Å². The van der Waals surface area contributed by atoms with Gasteiger partial charge in [-0.3, -0.25) is 0 Å². The third-order valence-corrected chi connectivity index (χ3v) is 4.16. The van der Waals surface area contributed by atoms with Crippen LogP contribution in [0.4, 0.5) is 0 Å². The molecule has 0 aliphatic heterocycles. The molecule has 0 radical (unpaired) electrons. The lowest BCUT2D eigenvalue weighted by Crippen LogP contribution is -2.19. The molecule has 1 aromatic heterocycles. The van der Waals surface area contributed by atoms with E-state index in [4.69, 9.17) is 0 Å². The number of hydrogen-bond donors (Lipinski definition) is 1. The van der Waals surface area contributed by atoms with Crippen LogP contribution in [-0.2, 0) is 19.4 Å². The van der Waals surface area contributed by atoms with Gasteiger partial charge in [-0.05, 0) is 44.2 Å². The summed E-state index contributed by atoms with van der Waals surface area (Å²) in [4.78, 5) is 0. The Labute approximate surface area is 119 Å². The maximum atomic E-state index is 9.41. The molecule has 0 spiro atoms. The van der Waals surface area contributed by atoms with Crippen molar-refractivity contribution in [1.82, 2.24) is 14.8 Å². The first kappa shape index (κ1) is 13.3. The van der Waals surface area contributed by atoms with Gasteiger partial charge in [0, 0.05) is 12.0 Å². The fourth-order valence-electron chi connectivity index (χ4n) is 3.20. The van der Waals surface area contributed by atoms with E-state index in [0.717, 1.165) is 25.1 Å². The molecule has 1 atom stereocenters. The van der Waals surface area contributed by atoms with Crippen molar-refractivity contribution < 1.29 is 5.11 Å². The van der Waals surface area contributed by atoms with Gasteiger partial charge in [0.25, 0.3) is 0 Å². The minimum absolute atomic E-state index is 0.0471. The summed E-state index contributed by atoms with van der Waals surface area (Å²) in [5.41, 5.74) is 2.88. The van der Waals surface area contributed by atoms with Crippen molar-refractivity contribution in [3.63, 3.8) is 0 Å². The number of rotatable bonds is 3. The molecule has 106 valence electrons. The number of aryl methyl sites for hydroxylation is 1. The van der Waals surface area contributed by atoms with E-state index in [1.54, 1.807) is 0 Å². The largest absolute Gasteiger partial charge is 0.388 e. The highest BCUT2D eigenvalue weighted by molar-refractivity contribution is 5.31. The van der Waals surface area contributed by atoms with E-state index < -0.39 is 0 Å². The van der Waals surface area contributed by atoms with Crippen LogP contribution in [0.3, 0.4) is 0 Å². The van der Waals surface area contributed by atoms with Crippen LogP contribution >= 0.6 is 0 Å². The maximum absolute atomic E-state index is 9.41. The van der Waals surface area contributed by atoms with Gasteiger partial charge in [-0.2, -0.15) is 0 Å². The van der Waals surface area contributed by atoms with Crippen molar-refractivity contribution >= 4 is 0 Å². The van der Waals surface area contributed by atoms with Gasteiger partial charge in [-0.15, -0.1) is 10.2 Å². The van der Waals surface area contributed by atoms with Crippen molar-refractivity contribution in [3.05, 3.63) is 47.0 Å². The number of fused-ring (bicyclic) bond motifs is 1. The molecular weight excluding hydrogens is 250 g/mol. The van der Waals surface area contributed by atoms with Gasteiger partial charge >= 0.3 is 0 Å². The third-order valence-electron chi connectivity index (χ3n) is 4.16. The first-order valence-corrected chi connectivity index (χ1v) is 7.32. The number of hydrogen-bond acceptors (Lipinski definition) is 3. The van der Waals surface area contributed by atoms with Crippen LogP contribution in [0.15, 0.2) is 24.3 Å². The first-order valence-electron chi connectivity index (χ1n) is 7.32. The van der Waals surface area contributed by atoms with Crippen molar-refractivity contribution in [2.45, 2.75) is 51.7 Å². The minimum Gasteiger partial charge on any atom is -0.388 e. The lowest BCUT2D eigenvalue weighted by atomic mass is 9.83. The molecule has 4 nitrogen and oxygen atoms in total. The fourth-order valence-corrected chi connectivity index (χ4v) is 3.20. The highest BCUT2D eigenvalue weighted by Gasteiger charge is 2.26. The SMILES string of the molecule is CC(C)n1c(CO)nnc1C1CCc2ccccc2C1. The Hall–Kier alpha value is -1.68. The number of benzene rings is 1. The Balaban J connectivity index is 1.94. The van der Waals surface area contributed by atoms with Crippen molar-refractivity contribution in [1.29, 1.82) is 0 Å². The van der Waals surface area contributed by atoms with Gasteiger partial charge in [0.2, 0.25) is 0 Å². The van der Waals surface area contributed by atoms with Crippen molar-refractivity contribution in [2.24, 2.45) is 0 Å². The highest BCUT2D eigenvalue weighted by atomic mass is 16.3. The van der Waals surface area contributed by atoms with E-state index in [1.807, 2.05) is 0 Å². The molecule has 1 unspecified atom stereocenters. The summed E-state index contributed by atoms with van der Waals surface area (Å²) in [5, 5.41) is 17.9. The quantitative estimate of drug-likeness (QED) is 0.933. The summed E-state index contributed by atoms with van der Waals surface area (Å²) in [5.74, 6) is 2.10. The fraction of sp³-hybridized carbons (Fsp3) is 0.500. The van der Waals surface area contributed by atoms with E-state index >= 15 is 0 Å². The van der Waals surface area contributed by atoms with Crippen molar-refractivity contribution in [3.8, 4) is 0 Å². The predicted octanol–water partition coefficient (Wildman–Crippen LogP) is 2.62. The molecule has 1 aromatic carbocycles. The van der Waals surface area contributed by atoms with Gasteiger partial charge in [0.1, 0.15) is 12.4 Å². The zero-order chi connectivity index (χ0) is 14.1. The van der Waals surface area contributed by atoms with Gasteiger partial charge in [-0.25, -0.2) is 0 Å². The Kier molecular flexibility index (Phi) is 3.57. The zero-order valence-corrected chi connectivity index (χ0v) is 12.1. The Morgan fingerprint density at radius 3 is 2.70 bits per heavy atom. The molecule has 4 heteroatoms. The average Bonchev–Trinajstić information content (AvgIpc) is 2.91. The molecule has 1 aliphatic carbocycles. The smallest absolute Gasteiger partial charge is 0.159 e. The monoisotopic (exact) mass is 271 g/mol. The summed E-state index contributed by atoms with van der Waals surface area (Å²) < 4.78 is 2.10. The van der Waals surface area contributed by atoms with Crippen LogP contribution in [0.1, 0.15) is 55.0 Å². The number of aliphatic hydroxyl groups is 1. The highest BCUT2D eigenvalue weighted by Crippen LogP contribution is 2.33. The summed E-state index contributed by atoms with van der Waals surface area (Å²) in [6.07, 6.45) is 3.22. The Morgan fingerprint density at radius 1 is 1.25 bits per heavy atom. The summed E-state index contributed by atoms with van der Waals surface area (Å²) >= 11 is 0. The number of aliphatic hydroxyl groups excluding tert-OH is 1. The second kappa shape index (κ2) is 5.37. The van der Waals surface area contributed by atoms with Crippen LogP contribution in [0.2, 0.25) is 0 Å². The van der Waals surface area contributed by atoms with E-state index in [0.29, 0.717) is 11.7 Å². The predicted molar refractivity (Wildman–Crippen MR) is 77.5 cm³/mol. The molecule has 0 fully saturated rings. The lowest BCUT2D eigenvalue weighted by molar-refractivity contribution is 0.260. The second-order valence-electron chi connectivity index (χ2n) is 5.80. The number of aromatic nitrogens is 3. The third kappa shape index (κ3) is 2.24. The Bertz CT molecular complexity index is 604. The molecule has 0 bridgehead atoms. The van der Waals surface area contributed by atoms with Gasteiger partial charge in [-0.1, -0.05) is 24.3 Å². The first-order chi connectivity index (χ1) is 9.70. The summed E-state index contributed by atoms with van der Waals surface area (Å²) in [6.45, 7) is 4.18. The molecule has 0 amide bonds. The molecule has 0 saturated carbocycles. The molecule has 20 heavy (non-hydrogen) atoms. The molecule has 2 aromatic rings. The summed E-state index contributed by atoms with van der Waals surface area (Å²) in [7, 11) is 0. The summed E-state index contributed by atoms with van der Waals surface area (Å²) in [6, 6.07) is 8.93. The normalized spacial score (nSPS) is 18.3. The molecule has 1 heterocycles. The maximum Gasteiger partial charge on any atom is 0.159 e. The van der Waals surface area contributed by atoms with Gasteiger partial charge in [0.05, 0.1) is 0 Å². The second-order valence-corrected chi connectivity index (χ2v) is 5.80. The standard InChI is InChI=1S/C16H21N3O/c1-11(2)19-15(10-20)17-18-16(19)14-8-7-12-5-3-4-6-13(12)9-14/h3-6,11,14,20H,7-10H2,1-2H3. The van der Waals surface area contributed by atoms with Crippen LogP contribution in [-0.4, -0.2) is 19.9 Å². The molecular formula is C16H21N3O. The van der Waals surface area contributed by atoms with E-state index in [2.05, 4.69) is 52.9 Å². The molecule has 1 N–H and O–H groups in total. The molecule has 1 aliphatic rings. The average molecular weight is 271 g/mol. The minimum atomic E-state index is -0.0471. The Morgan fingerprint density at radius 2 is 2.00 bits per heavy atom. The van der Waals surface area contributed by atoms with Gasteiger partial charge < -0.3 is 9.67 Å². The van der Waals surface area contributed by atoms with Crippen LogP contribution in [0.25, 0.3) is 0 Å². The van der Waals surface area contributed by atoms with Crippen LogP contribution < -0.4 is 0 Å².